The second kappa shape index (κ2) is 9.25. The molecule has 11 heteroatoms. The molecule has 1 amide bonds. The van der Waals surface area contributed by atoms with Crippen LogP contribution in [0.5, 0.6) is 11.5 Å². The summed E-state index contributed by atoms with van der Waals surface area (Å²) in [4.78, 5) is 36.2. The lowest BCUT2D eigenvalue weighted by Gasteiger charge is -2.15. The highest BCUT2D eigenvalue weighted by molar-refractivity contribution is 6.34. The molecule has 1 fully saturated rings. The highest BCUT2D eigenvalue weighted by Crippen LogP contribution is 2.38. The number of halogens is 1. The maximum atomic E-state index is 12.3. The molecule has 1 aliphatic rings. The summed E-state index contributed by atoms with van der Waals surface area (Å²) in [5.41, 5.74) is -0.424. The van der Waals surface area contributed by atoms with Gasteiger partial charge in [0.1, 0.15) is 12.1 Å². The highest BCUT2D eigenvalue weighted by Gasteiger charge is 2.52. The summed E-state index contributed by atoms with van der Waals surface area (Å²) in [6.07, 6.45) is 4.00. The molecular weight excluding hydrogens is 430 g/mol. The molecule has 166 valence electrons. The normalized spacial score (nSPS) is 14.3. The first-order valence-electron chi connectivity index (χ1n) is 9.48. The summed E-state index contributed by atoms with van der Waals surface area (Å²) in [7, 11) is 2.97. The topological polar surface area (TPSA) is 122 Å². The van der Waals surface area contributed by atoms with Crippen molar-refractivity contribution in [1.29, 1.82) is 0 Å². The average molecular weight is 452 g/mol. The second-order valence-corrected chi connectivity index (χ2v) is 7.13. The number of rotatable bonds is 9. The van der Waals surface area contributed by atoms with Gasteiger partial charge in [-0.3, -0.25) is 4.79 Å². The third kappa shape index (κ3) is 4.91. The van der Waals surface area contributed by atoms with E-state index < -0.39 is 29.7 Å². The Balaban J connectivity index is 1.70. The molecule has 0 spiro atoms. The molecule has 1 N–H and O–H groups in total. The van der Waals surface area contributed by atoms with Gasteiger partial charge in [-0.1, -0.05) is 11.6 Å². The van der Waals surface area contributed by atoms with Gasteiger partial charge in [-0.25, -0.2) is 9.59 Å². The number of carbonyl (C=O) groups is 2. The second-order valence-electron chi connectivity index (χ2n) is 6.75. The molecule has 0 radical (unpaired) electrons. The van der Waals surface area contributed by atoms with Gasteiger partial charge in [-0.05, 0) is 43.5 Å². The van der Waals surface area contributed by atoms with E-state index in [0.29, 0.717) is 34.9 Å². The first kappa shape index (κ1) is 22.4. The quantitative estimate of drug-likeness (QED) is 0.573. The number of methoxy groups -OCH3 is 2. The molecule has 2 aromatic rings. The van der Waals surface area contributed by atoms with E-state index in [4.69, 9.17) is 30.2 Å². The van der Waals surface area contributed by atoms with Crippen LogP contribution in [0.15, 0.2) is 21.3 Å². The van der Waals surface area contributed by atoms with Crippen LogP contribution in [0.1, 0.15) is 31.2 Å². The number of nitrogens with zero attached hydrogens (tertiary/aromatic N) is 2. The van der Waals surface area contributed by atoms with E-state index in [-0.39, 0.29) is 12.5 Å². The average Bonchev–Trinajstić information content (AvgIpc) is 3.44. The molecule has 31 heavy (non-hydrogen) atoms. The minimum Gasteiger partial charge on any atom is -0.493 e. The van der Waals surface area contributed by atoms with Crippen molar-refractivity contribution in [3.05, 3.63) is 39.2 Å². The largest absolute Gasteiger partial charge is 0.493 e. The molecule has 1 saturated carbocycles. The number of hydrogen-bond donors (Lipinski definition) is 1. The monoisotopic (exact) mass is 451 g/mol. The van der Waals surface area contributed by atoms with Crippen molar-refractivity contribution in [3.63, 3.8) is 0 Å². The van der Waals surface area contributed by atoms with Crippen LogP contribution < -0.4 is 20.5 Å². The fourth-order valence-corrected chi connectivity index (χ4v) is 3.20. The molecule has 0 aliphatic heterocycles. The molecule has 1 aliphatic carbocycles. The number of esters is 1. The van der Waals surface area contributed by atoms with Gasteiger partial charge in [0.05, 0.1) is 25.8 Å². The Kier molecular flexibility index (Phi) is 6.69. The Labute approximate surface area is 182 Å². The van der Waals surface area contributed by atoms with Crippen LogP contribution in [0.25, 0.3) is 12.2 Å². The standard InChI is InChI=1S/C20H22ClN3O7/c1-4-30-18(26)20(9-10-20)22-14(25)11-24-19(27)31-15(23-24)8-6-12-5-7-13(28-2)17(29-3)16(12)21/h5-8H,4,9-11H2,1-3H3,(H,22,25)/b8-6+. The van der Waals surface area contributed by atoms with Crippen molar-refractivity contribution in [2.24, 2.45) is 0 Å². The highest BCUT2D eigenvalue weighted by atomic mass is 35.5. The number of aromatic nitrogens is 2. The molecule has 10 nitrogen and oxygen atoms in total. The molecule has 0 saturated heterocycles. The van der Waals surface area contributed by atoms with E-state index >= 15 is 0 Å². The molecule has 1 aromatic heterocycles. The van der Waals surface area contributed by atoms with Crippen molar-refractivity contribution in [2.45, 2.75) is 31.8 Å². The van der Waals surface area contributed by atoms with Crippen LogP contribution in [-0.4, -0.2) is 48.0 Å². The van der Waals surface area contributed by atoms with Crippen molar-refractivity contribution in [2.75, 3.05) is 20.8 Å². The van der Waals surface area contributed by atoms with Crippen LogP contribution in [0.3, 0.4) is 0 Å². The Morgan fingerprint density at radius 3 is 2.65 bits per heavy atom. The van der Waals surface area contributed by atoms with Crippen LogP contribution >= 0.6 is 11.6 Å². The summed E-state index contributed by atoms with van der Waals surface area (Å²) in [6.45, 7) is 1.52. The minimum absolute atomic E-state index is 0.0184. The maximum Gasteiger partial charge on any atom is 0.437 e. The summed E-state index contributed by atoms with van der Waals surface area (Å²) in [6, 6.07) is 3.38. The third-order valence-corrected chi connectivity index (χ3v) is 5.02. The zero-order chi connectivity index (χ0) is 22.6. The van der Waals surface area contributed by atoms with Gasteiger partial charge >= 0.3 is 11.7 Å². The van der Waals surface area contributed by atoms with Gasteiger partial charge in [0.15, 0.2) is 11.5 Å². The Hall–Kier alpha value is -3.27. The van der Waals surface area contributed by atoms with E-state index in [9.17, 15) is 14.4 Å². The van der Waals surface area contributed by atoms with Gasteiger partial charge in [-0.2, -0.15) is 4.68 Å². The summed E-state index contributed by atoms with van der Waals surface area (Å²) < 4.78 is 21.3. The summed E-state index contributed by atoms with van der Waals surface area (Å²) >= 11 is 6.31. The number of ether oxygens (including phenoxy) is 3. The lowest BCUT2D eigenvalue weighted by Crippen LogP contribution is -2.46. The zero-order valence-electron chi connectivity index (χ0n) is 17.3. The number of benzene rings is 1. The van der Waals surface area contributed by atoms with E-state index in [1.54, 1.807) is 25.1 Å². The van der Waals surface area contributed by atoms with Crippen LogP contribution in [0.2, 0.25) is 5.02 Å². The Morgan fingerprint density at radius 2 is 2.03 bits per heavy atom. The SMILES string of the molecule is CCOC(=O)C1(NC(=O)Cn2nc(/C=C/c3ccc(OC)c(OC)c3Cl)oc2=O)CC1. The lowest BCUT2D eigenvalue weighted by molar-refractivity contribution is -0.148. The van der Waals surface area contributed by atoms with E-state index in [1.165, 1.54) is 20.3 Å². The van der Waals surface area contributed by atoms with Gasteiger partial charge in [0.2, 0.25) is 11.8 Å². The Bertz CT molecular complexity index is 1070. The fourth-order valence-electron chi connectivity index (χ4n) is 2.90. The van der Waals surface area contributed by atoms with E-state index in [1.807, 2.05) is 0 Å². The van der Waals surface area contributed by atoms with Crippen LogP contribution in [-0.2, 0) is 20.9 Å². The first-order valence-corrected chi connectivity index (χ1v) is 9.86. The number of hydrogen-bond acceptors (Lipinski definition) is 8. The van der Waals surface area contributed by atoms with E-state index in [0.717, 1.165) is 4.68 Å². The zero-order valence-corrected chi connectivity index (χ0v) is 18.0. The summed E-state index contributed by atoms with van der Waals surface area (Å²) in [5.74, 6) is -1.01. The van der Waals surface area contributed by atoms with Gasteiger partial charge in [0, 0.05) is 6.08 Å². The smallest absolute Gasteiger partial charge is 0.437 e. The maximum absolute atomic E-state index is 12.3. The van der Waals surface area contributed by atoms with Crippen molar-refractivity contribution in [1.82, 2.24) is 15.1 Å². The number of nitrogens with one attached hydrogen (secondary N) is 1. The van der Waals surface area contributed by atoms with E-state index in [2.05, 4.69) is 10.4 Å². The van der Waals surface area contributed by atoms with Gasteiger partial charge in [0.25, 0.3) is 0 Å². The molecule has 3 rings (SSSR count). The first-order chi connectivity index (χ1) is 14.8. The molecular formula is C20H22ClN3O7. The van der Waals surface area contributed by atoms with Crippen molar-refractivity contribution in [3.8, 4) is 11.5 Å². The van der Waals surface area contributed by atoms with Gasteiger partial charge in [-0.15, -0.1) is 5.10 Å². The minimum atomic E-state index is -1.01. The molecule has 0 atom stereocenters. The van der Waals surface area contributed by atoms with Crippen molar-refractivity contribution >= 4 is 35.6 Å². The predicted octanol–water partition coefficient (Wildman–Crippen LogP) is 1.89. The molecule has 1 aromatic carbocycles. The molecule has 0 bridgehead atoms. The molecule has 1 heterocycles. The van der Waals surface area contributed by atoms with Crippen molar-refractivity contribution < 1.29 is 28.2 Å². The Morgan fingerprint density at radius 1 is 1.29 bits per heavy atom. The predicted molar refractivity (Wildman–Crippen MR) is 111 cm³/mol. The molecule has 0 unspecified atom stereocenters. The number of amides is 1. The van der Waals surface area contributed by atoms with Gasteiger partial charge < -0.3 is 23.9 Å². The van der Waals surface area contributed by atoms with Crippen LogP contribution in [0, 0.1) is 0 Å². The summed E-state index contributed by atoms with van der Waals surface area (Å²) in [5, 5.41) is 6.90. The third-order valence-electron chi connectivity index (χ3n) is 4.63. The lowest BCUT2D eigenvalue weighted by atomic mass is 10.2. The fraction of sp³-hybridized carbons (Fsp3) is 0.400. The van der Waals surface area contributed by atoms with Crippen LogP contribution in [0.4, 0.5) is 0 Å². The number of carbonyl (C=O) groups excluding carboxylic acids is 2.